The summed E-state index contributed by atoms with van der Waals surface area (Å²) in [5.74, 6) is -0.0139. The van der Waals surface area contributed by atoms with Crippen LogP contribution in [0.3, 0.4) is 0 Å². The monoisotopic (exact) mass is 1130 g/mol. The smallest absolute Gasteiger partial charge is 0.305 e. The number of aliphatic hydroxyl groups is 2. The van der Waals surface area contributed by atoms with Crippen LogP contribution in [0.1, 0.15) is 425 Å². The van der Waals surface area contributed by atoms with Crippen molar-refractivity contribution in [3.05, 3.63) is 12.2 Å². The molecule has 0 aliphatic carbocycles. The molecule has 2 unspecified atom stereocenters. The van der Waals surface area contributed by atoms with E-state index in [0.29, 0.717) is 25.9 Å². The van der Waals surface area contributed by atoms with E-state index in [0.717, 1.165) is 44.9 Å². The van der Waals surface area contributed by atoms with E-state index in [9.17, 15) is 19.8 Å². The molecule has 0 fully saturated rings. The zero-order valence-electron chi connectivity index (χ0n) is 54.6. The molecule has 0 aliphatic heterocycles. The molecule has 0 radical (unpaired) electrons. The minimum absolute atomic E-state index is 0.0114. The molecule has 1 amide bonds. The van der Waals surface area contributed by atoms with Crippen molar-refractivity contribution in [2.45, 2.75) is 437 Å². The first-order valence-corrected chi connectivity index (χ1v) is 36.9. The molecular formula is C74H145NO5. The average molecular weight is 1130 g/mol. The summed E-state index contributed by atoms with van der Waals surface area (Å²) in [6.45, 7) is 4.96. The van der Waals surface area contributed by atoms with Gasteiger partial charge in [-0.1, -0.05) is 379 Å². The Morgan fingerprint density at radius 1 is 0.338 bits per heavy atom. The van der Waals surface area contributed by atoms with Crippen molar-refractivity contribution < 1.29 is 24.5 Å². The number of ether oxygens (including phenoxy) is 1. The fourth-order valence-electron chi connectivity index (χ4n) is 11.9. The molecule has 476 valence electrons. The zero-order chi connectivity index (χ0) is 57.8. The van der Waals surface area contributed by atoms with Crippen LogP contribution in [-0.4, -0.2) is 47.4 Å². The number of carbonyl (C=O) groups is 2. The molecule has 6 heteroatoms. The summed E-state index contributed by atoms with van der Waals surface area (Å²) in [4.78, 5) is 24.6. The SMILES string of the molecule is CCCC/C=C\CCCCCCCC(=O)OCCCCCCCCCCCCCCCCCCCCCCCCCCCCCCCCCCCC(=O)NC(CO)C(O)CCCCCCCCCCCCCCCCCCCCC. The summed E-state index contributed by atoms with van der Waals surface area (Å²) in [5.41, 5.74) is 0. The van der Waals surface area contributed by atoms with E-state index in [1.807, 2.05) is 0 Å². The number of hydrogen-bond acceptors (Lipinski definition) is 5. The lowest BCUT2D eigenvalue weighted by molar-refractivity contribution is -0.143. The number of aliphatic hydroxyl groups excluding tert-OH is 2. The van der Waals surface area contributed by atoms with Crippen LogP contribution in [0.4, 0.5) is 0 Å². The molecular weight excluding hydrogens is 983 g/mol. The Balaban J connectivity index is 3.32. The lowest BCUT2D eigenvalue weighted by Gasteiger charge is -2.22. The van der Waals surface area contributed by atoms with Crippen LogP contribution in [0.2, 0.25) is 0 Å². The molecule has 2 atom stereocenters. The third-order valence-electron chi connectivity index (χ3n) is 17.6. The molecule has 0 saturated carbocycles. The molecule has 0 aliphatic rings. The molecule has 3 N–H and O–H groups in total. The summed E-state index contributed by atoms with van der Waals surface area (Å²) in [5, 5.41) is 23.4. The molecule has 0 aromatic carbocycles. The predicted molar refractivity (Wildman–Crippen MR) is 352 cm³/mol. The van der Waals surface area contributed by atoms with E-state index in [2.05, 4.69) is 31.3 Å². The second-order valence-corrected chi connectivity index (χ2v) is 25.6. The van der Waals surface area contributed by atoms with Gasteiger partial charge in [0.15, 0.2) is 0 Å². The number of hydrogen-bond donors (Lipinski definition) is 3. The van der Waals surface area contributed by atoms with Gasteiger partial charge in [0.1, 0.15) is 0 Å². The van der Waals surface area contributed by atoms with Crippen molar-refractivity contribution in [3.8, 4) is 0 Å². The summed E-state index contributed by atoms with van der Waals surface area (Å²) < 4.78 is 5.47. The molecule has 0 rings (SSSR count). The van der Waals surface area contributed by atoms with Crippen molar-refractivity contribution >= 4 is 11.9 Å². The highest BCUT2D eigenvalue weighted by Gasteiger charge is 2.20. The van der Waals surface area contributed by atoms with Gasteiger partial charge < -0.3 is 20.3 Å². The van der Waals surface area contributed by atoms with Crippen molar-refractivity contribution in [3.63, 3.8) is 0 Å². The number of rotatable bonds is 70. The van der Waals surface area contributed by atoms with Gasteiger partial charge in [-0.05, 0) is 44.9 Å². The Kier molecular flexibility index (Phi) is 68.9. The van der Waals surface area contributed by atoms with Gasteiger partial charge in [0.2, 0.25) is 5.91 Å². The molecule has 0 spiro atoms. The van der Waals surface area contributed by atoms with Gasteiger partial charge in [-0.3, -0.25) is 9.59 Å². The van der Waals surface area contributed by atoms with Gasteiger partial charge in [0.25, 0.3) is 0 Å². The second-order valence-electron chi connectivity index (χ2n) is 25.6. The maximum absolute atomic E-state index is 12.5. The van der Waals surface area contributed by atoms with E-state index >= 15 is 0 Å². The Morgan fingerprint density at radius 2 is 0.600 bits per heavy atom. The summed E-state index contributed by atoms with van der Waals surface area (Å²) in [7, 11) is 0. The van der Waals surface area contributed by atoms with Crippen LogP contribution in [0.5, 0.6) is 0 Å². The quantitative estimate of drug-likeness (QED) is 0.0320. The number of allylic oxidation sites excluding steroid dienone is 2. The summed E-state index contributed by atoms with van der Waals surface area (Å²) in [6, 6.07) is -0.537. The van der Waals surface area contributed by atoms with Crippen LogP contribution < -0.4 is 5.32 Å². The average Bonchev–Trinajstić information content (AvgIpc) is 3.46. The van der Waals surface area contributed by atoms with E-state index < -0.39 is 12.1 Å². The number of esters is 1. The highest BCUT2D eigenvalue weighted by atomic mass is 16.5. The van der Waals surface area contributed by atoms with Gasteiger partial charge in [-0.2, -0.15) is 0 Å². The lowest BCUT2D eigenvalue weighted by Crippen LogP contribution is -2.45. The maximum atomic E-state index is 12.5. The van der Waals surface area contributed by atoms with Crippen molar-refractivity contribution in [1.82, 2.24) is 5.32 Å². The number of unbranched alkanes of at least 4 members (excludes halogenated alkanes) is 57. The Labute approximate surface area is 501 Å². The third kappa shape index (κ3) is 65.7. The van der Waals surface area contributed by atoms with Gasteiger partial charge in [-0.25, -0.2) is 0 Å². The van der Waals surface area contributed by atoms with Crippen LogP contribution in [0, 0.1) is 0 Å². The first-order valence-electron chi connectivity index (χ1n) is 36.9. The Bertz CT molecular complexity index is 1210. The largest absolute Gasteiger partial charge is 0.466 e. The summed E-state index contributed by atoms with van der Waals surface area (Å²) >= 11 is 0. The number of amides is 1. The highest BCUT2D eigenvalue weighted by Crippen LogP contribution is 2.20. The number of nitrogens with one attached hydrogen (secondary N) is 1. The summed E-state index contributed by atoms with van der Waals surface area (Å²) in [6.07, 6.45) is 87.2. The molecule has 0 aromatic rings. The normalized spacial score (nSPS) is 12.5. The van der Waals surface area contributed by atoms with Crippen LogP contribution >= 0.6 is 0 Å². The van der Waals surface area contributed by atoms with Gasteiger partial charge in [0.05, 0.1) is 25.4 Å². The van der Waals surface area contributed by atoms with E-state index in [1.165, 1.54) is 347 Å². The van der Waals surface area contributed by atoms with Crippen LogP contribution in [-0.2, 0) is 14.3 Å². The molecule has 0 heterocycles. The van der Waals surface area contributed by atoms with E-state index in [4.69, 9.17) is 4.74 Å². The lowest BCUT2D eigenvalue weighted by atomic mass is 10.0. The van der Waals surface area contributed by atoms with Crippen LogP contribution in [0.25, 0.3) is 0 Å². The van der Waals surface area contributed by atoms with Crippen molar-refractivity contribution in [2.75, 3.05) is 13.2 Å². The van der Waals surface area contributed by atoms with Gasteiger partial charge in [0, 0.05) is 12.8 Å². The Hall–Kier alpha value is -1.40. The minimum Gasteiger partial charge on any atom is -0.466 e. The predicted octanol–water partition coefficient (Wildman–Crippen LogP) is 23.9. The van der Waals surface area contributed by atoms with Crippen molar-refractivity contribution in [1.29, 1.82) is 0 Å². The van der Waals surface area contributed by atoms with Crippen LogP contribution in [0.15, 0.2) is 12.2 Å². The zero-order valence-corrected chi connectivity index (χ0v) is 54.6. The Morgan fingerprint density at radius 3 is 0.925 bits per heavy atom. The molecule has 0 aromatic heterocycles. The fourth-order valence-corrected chi connectivity index (χ4v) is 11.9. The van der Waals surface area contributed by atoms with Crippen molar-refractivity contribution in [2.24, 2.45) is 0 Å². The molecule has 0 bridgehead atoms. The first-order chi connectivity index (χ1) is 39.5. The standard InChI is InChI=1S/C74H145NO5/c1-3-5-7-9-11-13-15-16-17-18-34-37-40-43-47-50-54-58-62-66-72(77)71(70-76)75-73(78)67-63-59-55-51-48-44-41-38-35-32-30-28-26-24-22-20-19-21-23-25-27-29-31-33-36-39-42-45-49-53-57-61-65-69-80-74(79)68-64-60-56-52-46-14-12-10-8-6-4-2/h10,12,71-72,76-77H,3-9,11,13-70H2,1-2H3,(H,75,78)/b12-10-. The highest BCUT2D eigenvalue weighted by molar-refractivity contribution is 5.76. The maximum Gasteiger partial charge on any atom is 0.305 e. The fraction of sp³-hybridized carbons (Fsp3) is 0.946. The topological polar surface area (TPSA) is 95.9 Å². The minimum atomic E-state index is -0.661. The molecule has 6 nitrogen and oxygen atoms in total. The molecule has 0 saturated heterocycles. The van der Waals surface area contributed by atoms with E-state index in [1.54, 1.807) is 0 Å². The third-order valence-corrected chi connectivity index (χ3v) is 17.6. The van der Waals surface area contributed by atoms with E-state index in [-0.39, 0.29) is 18.5 Å². The first kappa shape index (κ1) is 78.6. The second kappa shape index (κ2) is 70.1. The van der Waals surface area contributed by atoms with Gasteiger partial charge >= 0.3 is 5.97 Å². The number of carbonyl (C=O) groups excluding carboxylic acids is 2. The van der Waals surface area contributed by atoms with Gasteiger partial charge in [-0.15, -0.1) is 0 Å². The molecule has 80 heavy (non-hydrogen) atoms.